The van der Waals surface area contributed by atoms with Crippen molar-refractivity contribution >= 4 is 38.7 Å². The topological polar surface area (TPSA) is 43.1 Å². The average Bonchev–Trinajstić information content (AvgIpc) is 2.55. The minimum absolute atomic E-state index is 0.221. The Balaban J connectivity index is 2.47. The summed E-state index contributed by atoms with van der Waals surface area (Å²) in [6.07, 6.45) is 0. The van der Waals surface area contributed by atoms with Crippen LogP contribution in [0.2, 0.25) is 0 Å². The van der Waals surface area contributed by atoms with Gasteiger partial charge in [-0.05, 0) is 47.1 Å². The lowest BCUT2D eigenvalue weighted by molar-refractivity contribution is 0.104. The van der Waals surface area contributed by atoms with Gasteiger partial charge in [0.15, 0.2) is 0 Å². The van der Waals surface area contributed by atoms with Gasteiger partial charge >= 0.3 is 0 Å². The Hall–Kier alpha value is -1.20. The van der Waals surface area contributed by atoms with Crippen LogP contribution >= 0.6 is 27.3 Å². The highest BCUT2D eigenvalue weighted by atomic mass is 79.9. The largest absolute Gasteiger partial charge is 0.399 e. The van der Waals surface area contributed by atoms with E-state index in [1.54, 1.807) is 0 Å². The van der Waals surface area contributed by atoms with Gasteiger partial charge in [-0.25, -0.2) is 4.39 Å². The van der Waals surface area contributed by atoms with Crippen LogP contribution in [-0.2, 0) is 0 Å². The lowest BCUT2D eigenvalue weighted by Crippen LogP contribution is -2.01. The normalized spacial score (nSPS) is 10.5. The van der Waals surface area contributed by atoms with Crippen molar-refractivity contribution in [2.75, 3.05) is 5.73 Å². The second-order valence-electron chi connectivity index (χ2n) is 3.64. The van der Waals surface area contributed by atoms with Gasteiger partial charge in [0.1, 0.15) is 5.82 Å². The summed E-state index contributed by atoms with van der Waals surface area (Å²) in [6.45, 7) is 1.91. The van der Waals surface area contributed by atoms with Gasteiger partial charge < -0.3 is 5.73 Å². The molecular formula is C12H9BrFNOS. The molecule has 0 unspecified atom stereocenters. The molecule has 88 valence electrons. The second-order valence-corrected chi connectivity index (χ2v) is 5.75. The molecule has 0 aliphatic heterocycles. The molecule has 2 N–H and O–H groups in total. The first-order valence-corrected chi connectivity index (χ1v) is 6.45. The minimum atomic E-state index is -0.502. The smallest absolute Gasteiger partial charge is 0.204 e. The van der Waals surface area contributed by atoms with E-state index in [2.05, 4.69) is 15.9 Å². The third-order valence-electron chi connectivity index (χ3n) is 2.20. The maximum absolute atomic E-state index is 13.2. The molecule has 0 amide bonds. The fraction of sp³-hybridized carbons (Fsp3) is 0.0833. The molecule has 0 bridgehead atoms. The average molecular weight is 314 g/mol. The maximum Gasteiger partial charge on any atom is 0.204 e. The predicted molar refractivity (Wildman–Crippen MR) is 71.0 cm³/mol. The quantitative estimate of drug-likeness (QED) is 0.677. The molecule has 1 aromatic carbocycles. The van der Waals surface area contributed by atoms with E-state index in [4.69, 9.17) is 5.73 Å². The fourth-order valence-corrected chi connectivity index (χ4v) is 3.30. The summed E-state index contributed by atoms with van der Waals surface area (Å²) in [4.78, 5) is 13.7. The number of aryl methyl sites for hydroxylation is 1. The third kappa shape index (κ3) is 2.56. The predicted octanol–water partition coefficient (Wildman–Crippen LogP) is 3.77. The fourth-order valence-electron chi connectivity index (χ4n) is 1.51. The zero-order valence-corrected chi connectivity index (χ0v) is 11.4. The molecule has 0 aliphatic carbocycles. The van der Waals surface area contributed by atoms with Crippen molar-refractivity contribution in [3.63, 3.8) is 0 Å². The number of nitrogens with two attached hydrogens (primary N) is 1. The summed E-state index contributed by atoms with van der Waals surface area (Å²) in [6, 6.07) is 5.72. The van der Waals surface area contributed by atoms with E-state index in [-0.39, 0.29) is 17.0 Å². The molecule has 0 aliphatic rings. The first kappa shape index (κ1) is 12.3. The molecule has 0 spiro atoms. The van der Waals surface area contributed by atoms with Gasteiger partial charge in [-0.15, -0.1) is 11.3 Å². The number of hydrogen-bond donors (Lipinski definition) is 1. The van der Waals surface area contributed by atoms with Gasteiger partial charge in [0.2, 0.25) is 5.78 Å². The van der Waals surface area contributed by atoms with Gasteiger partial charge in [-0.3, -0.25) is 4.79 Å². The number of ketones is 1. The molecule has 0 saturated carbocycles. The van der Waals surface area contributed by atoms with Gasteiger partial charge in [0, 0.05) is 20.6 Å². The zero-order valence-electron chi connectivity index (χ0n) is 8.96. The highest BCUT2D eigenvalue weighted by Crippen LogP contribution is 2.29. The number of carbonyl (C=O) groups is 1. The maximum atomic E-state index is 13.2. The molecule has 2 rings (SSSR count). The SMILES string of the molecule is Cc1cc(Br)c(C(=O)c2cc(N)cc(F)c2)s1. The Labute approximate surface area is 110 Å². The summed E-state index contributed by atoms with van der Waals surface area (Å²) in [7, 11) is 0. The van der Waals surface area contributed by atoms with E-state index < -0.39 is 5.82 Å². The van der Waals surface area contributed by atoms with Crippen LogP contribution in [0, 0.1) is 12.7 Å². The van der Waals surface area contributed by atoms with Gasteiger partial charge in [0.05, 0.1) is 4.88 Å². The molecule has 0 radical (unpaired) electrons. The van der Waals surface area contributed by atoms with E-state index in [1.807, 2.05) is 13.0 Å². The van der Waals surface area contributed by atoms with E-state index in [9.17, 15) is 9.18 Å². The molecule has 0 atom stereocenters. The first-order valence-electron chi connectivity index (χ1n) is 4.84. The molecule has 0 fully saturated rings. The van der Waals surface area contributed by atoms with Crippen molar-refractivity contribution < 1.29 is 9.18 Å². The van der Waals surface area contributed by atoms with Crippen molar-refractivity contribution in [2.45, 2.75) is 6.92 Å². The van der Waals surface area contributed by atoms with E-state index in [0.29, 0.717) is 4.88 Å². The number of hydrogen-bond acceptors (Lipinski definition) is 3. The number of halogens is 2. The van der Waals surface area contributed by atoms with Crippen LogP contribution in [0.3, 0.4) is 0 Å². The van der Waals surface area contributed by atoms with Crippen molar-refractivity contribution in [3.8, 4) is 0 Å². The highest BCUT2D eigenvalue weighted by Gasteiger charge is 2.16. The number of nitrogen functional groups attached to an aromatic ring is 1. The first-order chi connectivity index (χ1) is 7.97. The molecule has 1 heterocycles. The summed E-state index contributed by atoms with van der Waals surface area (Å²) in [5.74, 6) is -0.723. The van der Waals surface area contributed by atoms with E-state index in [1.165, 1.54) is 29.5 Å². The Morgan fingerprint density at radius 3 is 2.59 bits per heavy atom. The van der Waals surface area contributed by atoms with Crippen molar-refractivity contribution in [1.29, 1.82) is 0 Å². The lowest BCUT2D eigenvalue weighted by atomic mass is 10.1. The van der Waals surface area contributed by atoms with Gasteiger partial charge in [-0.1, -0.05) is 0 Å². The summed E-state index contributed by atoms with van der Waals surface area (Å²) < 4.78 is 13.9. The zero-order chi connectivity index (χ0) is 12.6. The lowest BCUT2D eigenvalue weighted by Gasteiger charge is -2.01. The molecule has 2 nitrogen and oxygen atoms in total. The molecular weight excluding hydrogens is 305 g/mol. The third-order valence-corrected chi connectivity index (χ3v) is 4.14. The highest BCUT2D eigenvalue weighted by molar-refractivity contribution is 9.10. The number of carbonyl (C=O) groups excluding carboxylic acids is 1. The molecule has 5 heteroatoms. The molecule has 17 heavy (non-hydrogen) atoms. The number of anilines is 1. The van der Waals surface area contributed by atoms with Gasteiger partial charge in [-0.2, -0.15) is 0 Å². The minimum Gasteiger partial charge on any atom is -0.399 e. The van der Waals surface area contributed by atoms with Crippen molar-refractivity contribution in [3.05, 3.63) is 49.9 Å². The van der Waals surface area contributed by atoms with Crippen LogP contribution in [0.5, 0.6) is 0 Å². The van der Waals surface area contributed by atoms with Crippen molar-refractivity contribution in [2.24, 2.45) is 0 Å². The van der Waals surface area contributed by atoms with E-state index >= 15 is 0 Å². The van der Waals surface area contributed by atoms with Gasteiger partial charge in [0.25, 0.3) is 0 Å². The van der Waals surface area contributed by atoms with E-state index in [0.717, 1.165) is 9.35 Å². The molecule has 2 aromatic rings. The van der Waals surface area contributed by atoms with Crippen LogP contribution in [0.25, 0.3) is 0 Å². The number of thiophene rings is 1. The number of rotatable bonds is 2. The second kappa shape index (κ2) is 4.58. The van der Waals surface area contributed by atoms with Crippen LogP contribution in [0.1, 0.15) is 20.1 Å². The Morgan fingerprint density at radius 2 is 2.06 bits per heavy atom. The molecule has 1 aromatic heterocycles. The van der Waals surface area contributed by atoms with Crippen LogP contribution < -0.4 is 5.73 Å². The van der Waals surface area contributed by atoms with Crippen LogP contribution in [0.4, 0.5) is 10.1 Å². The van der Waals surface area contributed by atoms with Crippen molar-refractivity contribution in [1.82, 2.24) is 0 Å². The summed E-state index contributed by atoms with van der Waals surface area (Å²) in [5.41, 5.74) is 6.03. The Kier molecular flexibility index (Phi) is 3.31. The molecule has 0 saturated heterocycles. The number of benzene rings is 1. The van der Waals surface area contributed by atoms with Crippen LogP contribution in [-0.4, -0.2) is 5.78 Å². The van der Waals surface area contributed by atoms with Crippen LogP contribution in [0.15, 0.2) is 28.7 Å². The monoisotopic (exact) mass is 313 g/mol. The summed E-state index contributed by atoms with van der Waals surface area (Å²) in [5, 5.41) is 0. The Bertz CT molecular complexity index is 574. The summed E-state index contributed by atoms with van der Waals surface area (Å²) >= 11 is 4.69. The standard InChI is InChI=1S/C12H9BrFNOS/c1-6-2-10(13)12(17-6)11(16)7-3-8(14)5-9(15)4-7/h2-5H,15H2,1H3. The Morgan fingerprint density at radius 1 is 1.35 bits per heavy atom.